The maximum atomic E-state index is 13.0. The Labute approximate surface area is 164 Å². The van der Waals surface area contributed by atoms with E-state index in [-0.39, 0.29) is 12.5 Å². The highest BCUT2D eigenvalue weighted by Gasteiger charge is 2.23. The average molecular weight is 397 g/mol. The van der Waals surface area contributed by atoms with Crippen LogP contribution >= 0.6 is 11.6 Å². The lowest BCUT2D eigenvalue weighted by Crippen LogP contribution is -2.35. The van der Waals surface area contributed by atoms with Crippen molar-refractivity contribution < 1.29 is 9.21 Å². The molecule has 2 aromatic carbocycles. The lowest BCUT2D eigenvalue weighted by atomic mass is 10.3. The van der Waals surface area contributed by atoms with Crippen LogP contribution < -0.4 is 5.76 Å². The highest BCUT2D eigenvalue weighted by Crippen LogP contribution is 2.22. The van der Waals surface area contributed by atoms with Gasteiger partial charge in [0.2, 0.25) is 5.91 Å². The maximum Gasteiger partial charge on any atom is 0.420 e. The van der Waals surface area contributed by atoms with Crippen LogP contribution in [0.5, 0.6) is 0 Å². The molecule has 142 valence electrons. The summed E-state index contributed by atoms with van der Waals surface area (Å²) in [6.45, 7) is 1.75. The zero-order valence-corrected chi connectivity index (χ0v) is 15.7. The fourth-order valence-electron chi connectivity index (χ4n) is 3.80. The van der Waals surface area contributed by atoms with Crippen LogP contribution in [0.25, 0.3) is 22.1 Å². The Morgan fingerprint density at radius 3 is 2.89 bits per heavy atom. The predicted octanol–water partition coefficient (Wildman–Crippen LogP) is 3.03. The van der Waals surface area contributed by atoms with Crippen molar-refractivity contribution >= 4 is 39.6 Å². The van der Waals surface area contributed by atoms with Gasteiger partial charge in [0.15, 0.2) is 5.58 Å². The minimum Gasteiger partial charge on any atom is -0.408 e. The molecule has 0 aliphatic carbocycles. The van der Waals surface area contributed by atoms with E-state index in [1.54, 1.807) is 23.1 Å². The highest BCUT2D eigenvalue weighted by atomic mass is 35.5. The Morgan fingerprint density at radius 1 is 1.14 bits per heavy atom. The molecule has 0 radical (unpaired) electrons. The summed E-state index contributed by atoms with van der Waals surface area (Å²) in [6, 6.07) is 12.9. The van der Waals surface area contributed by atoms with Crippen LogP contribution in [0.2, 0.25) is 5.02 Å². The molecule has 0 saturated carbocycles. The number of rotatable bonds is 2. The second kappa shape index (κ2) is 6.53. The van der Waals surface area contributed by atoms with Crippen molar-refractivity contribution in [2.75, 3.05) is 6.54 Å². The fourth-order valence-corrected chi connectivity index (χ4v) is 3.96. The minimum atomic E-state index is -0.562. The highest BCUT2D eigenvalue weighted by molar-refractivity contribution is 6.31. The van der Waals surface area contributed by atoms with Gasteiger partial charge < -0.3 is 13.9 Å². The molecule has 5 rings (SSSR count). The quantitative estimate of drug-likeness (QED) is 0.522. The molecule has 0 spiro atoms. The second-order valence-electron chi connectivity index (χ2n) is 6.90. The summed E-state index contributed by atoms with van der Waals surface area (Å²) >= 11 is 6.04. The predicted molar refractivity (Wildman–Crippen MR) is 105 cm³/mol. The zero-order valence-electron chi connectivity index (χ0n) is 15.0. The summed E-state index contributed by atoms with van der Waals surface area (Å²) in [5.74, 6) is 0.150. The SMILES string of the molecule is O=C(Cn1c(=O)oc2ccc(Cl)cc21)N1CCCn2c(nc3ccccc32)C1. The molecule has 0 saturated heterocycles. The summed E-state index contributed by atoms with van der Waals surface area (Å²) < 4.78 is 8.72. The lowest BCUT2D eigenvalue weighted by Gasteiger charge is -2.19. The Balaban J connectivity index is 1.45. The number of amides is 1. The van der Waals surface area contributed by atoms with E-state index in [0.29, 0.717) is 29.2 Å². The first-order chi connectivity index (χ1) is 13.6. The number of fused-ring (bicyclic) bond motifs is 4. The number of imidazole rings is 1. The van der Waals surface area contributed by atoms with Crippen LogP contribution in [0.1, 0.15) is 12.2 Å². The van der Waals surface area contributed by atoms with Gasteiger partial charge in [-0.3, -0.25) is 9.36 Å². The average Bonchev–Trinajstić information content (AvgIpc) is 3.09. The van der Waals surface area contributed by atoms with E-state index in [9.17, 15) is 9.59 Å². The van der Waals surface area contributed by atoms with Gasteiger partial charge in [-0.15, -0.1) is 0 Å². The molecule has 1 amide bonds. The van der Waals surface area contributed by atoms with Crippen molar-refractivity contribution in [2.24, 2.45) is 0 Å². The van der Waals surface area contributed by atoms with Crippen molar-refractivity contribution in [1.82, 2.24) is 19.0 Å². The summed E-state index contributed by atoms with van der Waals surface area (Å²) in [6.07, 6.45) is 0.825. The normalized spacial score (nSPS) is 14.4. The topological polar surface area (TPSA) is 73.3 Å². The molecular weight excluding hydrogens is 380 g/mol. The standard InChI is InChI=1S/C20H17ClN4O3/c21-13-6-7-17-16(10-13)25(20(27)28-17)12-19(26)23-8-3-9-24-15-5-2-1-4-14(15)22-18(24)11-23/h1-2,4-7,10H,3,8-9,11-12H2. The summed E-state index contributed by atoms with van der Waals surface area (Å²) in [5, 5.41) is 0.484. The van der Waals surface area contributed by atoms with Gasteiger partial charge in [0.1, 0.15) is 12.4 Å². The van der Waals surface area contributed by atoms with E-state index in [4.69, 9.17) is 16.0 Å². The number of aromatic nitrogens is 3. The number of carbonyl (C=O) groups is 1. The number of hydrogen-bond acceptors (Lipinski definition) is 4. The van der Waals surface area contributed by atoms with E-state index < -0.39 is 5.76 Å². The number of halogens is 1. The van der Waals surface area contributed by atoms with E-state index in [0.717, 1.165) is 29.8 Å². The van der Waals surface area contributed by atoms with Crippen LogP contribution in [-0.4, -0.2) is 31.5 Å². The minimum absolute atomic E-state index is 0.0909. The van der Waals surface area contributed by atoms with Gasteiger partial charge in [0, 0.05) is 18.1 Å². The van der Waals surface area contributed by atoms with E-state index in [1.807, 2.05) is 24.3 Å². The molecule has 4 aromatic rings. The Bertz CT molecular complexity index is 1270. The molecule has 0 fully saturated rings. The number of oxazole rings is 1. The van der Waals surface area contributed by atoms with Gasteiger partial charge >= 0.3 is 5.76 Å². The lowest BCUT2D eigenvalue weighted by molar-refractivity contribution is -0.132. The second-order valence-corrected chi connectivity index (χ2v) is 7.34. The van der Waals surface area contributed by atoms with Crippen molar-refractivity contribution in [3.63, 3.8) is 0 Å². The number of hydrogen-bond donors (Lipinski definition) is 0. The van der Waals surface area contributed by atoms with Crippen molar-refractivity contribution in [3.8, 4) is 0 Å². The van der Waals surface area contributed by atoms with E-state index in [2.05, 4.69) is 9.55 Å². The summed E-state index contributed by atoms with van der Waals surface area (Å²) in [7, 11) is 0. The molecule has 1 aliphatic heterocycles. The first-order valence-electron chi connectivity index (χ1n) is 9.11. The third kappa shape index (κ3) is 2.79. The maximum absolute atomic E-state index is 13.0. The van der Waals surface area contributed by atoms with Crippen LogP contribution in [0, 0.1) is 0 Å². The molecule has 0 N–H and O–H groups in total. The molecule has 0 atom stereocenters. The van der Waals surface area contributed by atoms with E-state index >= 15 is 0 Å². The zero-order chi connectivity index (χ0) is 19.3. The summed E-state index contributed by atoms with van der Waals surface area (Å²) in [4.78, 5) is 31.6. The van der Waals surface area contributed by atoms with Gasteiger partial charge in [-0.05, 0) is 36.8 Å². The Hall–Kier alpha value is -3.06. The number of para-hydroxylation sites is 2. The third-order valence-electron chi connectivity index (χ3n) is 5.15. The molecule has 1 aliphatic rings. The summed E-state index contributed by atoms with van der Waals surface area (Å²) in [5.41, 5.74) is 2.95. The van der Waals surface area contributed by atoms with Crippen molar-refractivity contribution in [3.05, 3.63) is 63.9 Å². The number of carbonyl (C=O) groups excluding carboxylic acids is 1. The first-order valence-corrected chi connectivity index (χ1v) is 9.49. The third-order valence-corrected chi connectivity index (χ3v) is 5.39. The molecule has 8 heteroatoms. The van der Waals surface area contributed by atoms with Gasteiger partial charge in [-0.1, -0.05) is 23.7 Å². The molecule has 0 unspecified atom stereocenters. The first kappa shape index (κ1) is 17.1. The van der Waals surface area contributed by atoms with Crippen LogP contribution in [0.4, 0.5) is 0 Å². The molecule has 28 heavy (non-hydrogen) atoms. The van der Waals surface area contributed by atoms with E-state index in [1.165, 1.54) is 4.57 Å². The van der Waals surface area contributed by atoms with Crippen LogP contribution in [0.15, 0.2) is 51.7 Å². The molecule has 0 bridgehead atoms. The van der Waals surface area contributed by atoms with Crippen LogP contribution in [-0.2, 0) is 24.4 Å². The van der Waals surface area contributed by atoms with Crippen LogP contribution in [0.3, 0.4) is 0 Å². The van der Waals surface area contributed by atoms with Crippen molar-refractivity contribution in [2.45, 2.75) is 26.1 Å². The number of aryl methyl sites for hydroxylation is 1. The van der Waals surface area contributed by atoms with Crippen molar-refractivity contribution in [1.29, 1.82) is 0 Å². The Kier molecular flexibility index (Phi) is 3.98. The monoisotopic (exact) mass is 396 g/mol. The molecular formula is C20H17ClN4O3. The Morgan fingerprint density at radius 2 is 2.00 bits per heavy atom. The number of benzene rings is 2. The number of nitrogens with zero attached hydrogens (tertiary/aromatic N) is 4. The molecule has 2 aromatic heterocycles. The van der Waals surface area contributed by atoms with Gasteiger partial charge in [0.05, 0.1) is 23.1 Å². The smallest absolute Gasteiger partial charge is 0.408 e. The fraction of sp³-hybridized carbons (Fsp3) is 0.250. The van der Waals surface area contributed by atoms with Gasteiger partial charge in [-0.2, -0.15) is 0 Å². The molecule has 3 heterocycles. The largest absolute Gasteiger partial charge is 0.420 e. The molecule has 7 nitrogen and oxygen atoms in total. The van der Waals surface area contributed by atoms with Gasteiger partial charge in [0.25, 0.3) is 0 Å². The van der Waals surface area contributed by atoms with Gasteiger partial charge in [-0.25, -0.2) is 9.78 Å².